The first-order chi connectivity index (χ1) is 20.8. The van der Waals surface area contributed by atoms with Gasteiger partial charge in [0.1, 0.15) is 35.8 Å². The molecule has 0 saturated heterocycles. The Hall–Kier alpha value is -4.61. The summed E-state index contributed by atoms with van der Waals surface area (Å²) in [6.45, 7) is 1.81. The molecule has 0 bridgehead atoms. The number of pyridine rings is 1. The maximum absolute atomic E-state index is 14.2. The number of aromatic amines is 1. The van der Waals surface area contributed by atoms with E-state index in [0.717, 1.165) is 17.9 Å². The second kappa shape index (κ2) is 10.6. The summed E-state index contributed by atoms with van der Waals surface area (Å²) in [4.78, 5) is 29.8. The van der Waals surface area contributed by atoms with Gasteiger partial charge in [-0.1, -0.05) is 6.92 Å². The largest absolute Gasteiger partial charge is 0.346 e. The van der Waals surface area contributed by atoms with E-state index in [1.165, 1.54) is 23.1 Å². The van der Waals surface area contributed by atoms with Crippen molar-refractivity contribution in [3.8, 4) is 11.1 Å². The van der Waals surface area contributed by atoms with E-state index in [2.05, 4.69) is 37.3 Å². The van der Waals surface area contributed by atoms with Gasteiger partial charge in [0.15, 0.2) is 0 Å². The monoisotopic (exact) mass is 589 g/mol. The average Bonchev–Trinajstić information content (AvgIpc) is 3.29. The van der Waals surface area contributed by atoms with Crippen molar-refractivity contribution in [1.29, 1.82) is 0 Å². The van der Waals surface area contributed by atoms with Gasteiger partial charge in [0.05, 0.1) is 11.7 Å². The summed E-state index contributed by atoms with van der Waals surface area (Å²) in [5, 5.41) is 7.99. The summed E-state index contributed by atoms with van der Waals surface area (Å²) < 4.78 is 57.5. The fourth-order valence-electron chi connectivity index (χ4n) is 6.69. The molecule has 5 aromatic rings. The highest BCUT2D eigenvalue weighted by molar-refractivity contribution is 5.82. The molecule has 12 heteroatoms. The summed E-state index contributed by atoms with van der Waals surface area (Å²) in [5.41, 5.74) is 3.67. The van der Waals surface area contributed by atoms with E-state index >= 15 is 0 Å². The van der Waals surface area contributed by atoms with E-state index in [1.807, 2.05) is 12.1 Å². The van der Waals surface area contributed by atoms with Gasteiger partial charge in [0, 0.05) is 58.3 Å². The SMILES string of the molecule is C[C@@H]1[C@@H]2CCc3c(C(F)F)nn(CC(=O)N[C@@H](Cc4cc(F)cc(F)c4)c4ncncc4-c4cnc5[nH]ccc5c4)c3[C@H]12. The maximum atomic E-state index is 14.2. The molecule has 4 aromatic heterocycles. The Morgan fingerprint density at radius 2 is 1.93 bits per heavy atom. The van der Waals surface area contributed by atoms with Crippen LogP contribution in [-0.4, -0.2) is 35.6 Å². The Bertz CT molecular complexity index is 1830. The summed E-state index contributed by atoms with van der Waals surface area (Å²) in [5.74, 6) is -1.14. The van der Waals surface area contributed by atoms with Crippen LogP contribution in [0.25, 0.3) is 22.2 Å². The van der Waals surface area contributed by atoms with E-state index in [-0.39, 0.29) is 24.6 Å². The Morgan fingerprint density at radius 3 is 2.72 bits per heavy atom. The van der Waals surface area contributed by atoms with Crippen molar-refractivity contribution in [3.63, 3.8) is 0 Å². The number of carbonyl (C=O) groups is 1. The molecule has 43 heavy (non-hydrogen) atoms. The van der Waals surface area contributed by atoms with Crippen molar-refractivity contribution in [2.45, 2.75) is 51.1 Å². The van der Waals surface area contributed by atoms with Crippen LogP contribution in [0.1, 0.15) is 59.9 Å². The quantitative estimate of drug-likeness (QED) is 0.222. The maximum Gasteiger partial charge on any atom is 0.282 e. The number of hydrogen-bond acceptors (Lipinski definition) is 5. The molecular weight excluding hydrogens is 562 g/mol. The number of nitrogens with one attached hydrogen (secondary N) is 2. The number of alkyl halides is 2. The first kappa shape index (κ1) is 27.2. The van der Waals surface area contributed by atoms with Gasteiger partial charge in [0.25, 0.3) is 6.43 Å². The van der Waals surface area contributed by atoms with E-state index in [4.69, 9.17) is 0 Å². The zero-order valence-electron chi connectivity index (χ0n) is 23.1. The van der Waals surface area contributed by atoms with E-state index in [1.54, 1.807) is 18.6 Å². The van der Waals surface area contributed by atoms with Gasteiger partial charge in [-0.2, -0.15) is 5.10 Å². The van der Waals surface area contributed by atoms with Crippen molar-refractivity contribution in [2.24, 2.45) is 11.8 Å². The minimum absolute atomic E-state index is 0.00545. The van der Waals surface area contributed by atoms with Crippen LogP contribution in [-0.2, 0) is 24.2 Å². The van der Waals surface area contributed by atoms with Gasteiger partial charge in [-0.3, -0.25) is 9.48 Å². The van der Waals surface area contributed by atoms with Gasteiger partial charge >= 0.3 is 0 Å². The van der Waals surface area contributed by atoms with Crippen LogP contribution in [0.2, 0.25) is 0 Å². The van der Waals surface area contributed by atoms with Gasteiger partial charge in [-0.25, -0.2) is 32.5 Å². The summed E-state index contributed by atoms with van der Waals surface area (Å²) in [7, 11) is 0. The standard InChI is InChI=1S/C31H27F4N7O/c1-15-21-2-3-22-28(30(34)35)41-42(29(22)26(15)21)13-25(43)40-24(8-16-6-19(32)10-20(33)7-16)27-23(12-36-14-39-27)18-9-17-4-5-37-31(17)38-11-18/h4-7,9-12,14-15,21,24,26,30H,2-3,8,13H2,1H3,(H,37,38)(H,40,43)/t15-,21+,24+,26-/m1/s1. The predicted molar refractivity (Wildman–Crippen MR) is 149 cm³/mol. The minimum atomic E-state index is -2.74. The molecular formula is C31H27F4N7O. The number of aromatic nitrogens is 6. The highest BCUT2D eigenvalue weighted by atomic mass is 19.3. The van der Waals surface area contributed by atoms with Crippen LogP contribution < -0.4 is 5.32 Å². The van der Waals surface area contributed by atoms with Crippen molar-refractivity contribution in [2.75, 3.05) is 0 Å². The molecule has 2 aliphatic carbocycles. The number of H-pyrrole nitrogens is 1. The molecule has 1 aromatic carbocycles. The molecule has 2 N–H and O–H groups in total. The Kier molecular flexibility index (Phi) is 6.71. The second-order valence-electron chi connectivity index (χ2n) is 11.4. The smallest absolute Gasteiger partial charge is 0.282 e. The number of amides is 1. The zero-order chi connectivity index (χ0) is 29.8. The number of benzene rings is 1. The van der Waals surface area contributed by atoms with E-state index < -0.39 is 30.0 Å². The molecule has 4 heterocycles. The molecule has 1 amide bonds. The number of rotatable bonds is 8. The molecule has 7 rings (SSSR count). The Morgan fingerprint density at radius 1 is 1.12 bits per heavy atom. The van der Waals surface area contributed by atoms with E-state index in [9.17, 15) is 22.4 Å². The van der Waals surface area contributed by atoms with Crippen LogP contribution in [0.4, 0.5) is 17.6 Å². The number of halogens is 4. The normalized spacial score (nSPS) is 19.7. The zero-order valence-corrected chi connectivity index (χ0v) is 23.1. The fourth-order valence-corrected chi connectivity index (χ4v) is 6.69. The molecule has 0 radical (unpaired) electrons. The van der Waals surface area contributed by atoms with Gasteiger partial charge in [-0.05, 0) is 60.9 Å². The lowest BCUT2D eigenvalue weighted by Gasteiger charge is -2.22. The third kappa shape index (κ3) is 5.04. The molecule has 0 spiro atoms. The first-order valence-corrected chi connectivity index (χ1v) is 14.1. The fraction of sp³-hybridized carbons (Fsp3) is 0.323. The molecule has 8 nitrogen and oxygen atoms in total. The molecule has 4 atom stereocenters. The van der Waals surface area contributed by atoms with Crippen LogP contribution in [0.3, 0.4) is 0 Å². The number of carbonyl (C=O) groups excluding carboxylic acids is 1. The van der Waals surface area contributed by atoms with Crippen molar-refractivity contribution in [1.82, 2.24) is 35.0 Å². The molecule has 0 aliphatic heterocycles. The lowest BCUT2D eigenvalue weighted by Crippen LogP contribution is -2.34. The number of fused-ring (bicyclic) bond motifs is 4. The molecule has 220 valence electrons. The molecule has 0 unspecified atom stereocenters. The first-order valence-electron chi connectivity index (χ1n) is 14.1. The molecule has 2 aliphatic rings. The third-order valence-corrected chi connectivity index (χ3v) is 8.71. The summed E-state index contributed by atoms with van der Waals surface area (Å²) >= 11 is 0. The topological polar surface area (TPSA) is 101 Å². The molecule has 1 fully saturated rings. The van der Waals surface area contributed by atoms with Crippen molar-refractivity contribution < 1.29 is 22.4 Å². The van der Waals surface area contributed by atoms with Crippen LogP contribution >= 0.6 is 0 Å². The third-order valence-electron chi connectivity index (χ3n) is 8.71. The van der Waals surface area contributed by atoms with Crippen LogP contribution in [0.5, 0.6) is 0 Å². The highest BCUT2D eigenvalue weighted by Crippen LogP contribution is 2.60. The highest BCUT2D eigenvalue weighted by Gasteiger charge is 2.53. The summed E-state index contributed by atoms with van der Waals surface area (Å²) in [6.07, 6.45) is 4.96. The van der Waals surface area contributed by atoms with Crippen LogP contribution in [0.15, 0.2) is 55.2 Å². The average molecular weight is 590 g/mol. The van der Waals surface area contributed by atoms with E-state index in [0.29, 0.717) is 57.5 Å². The molecule has 1 saturated carbocycles. The minimum Gasteiger partial charge on any atom is -0.346 e. The Labute approximate surface area is 243 Å². The Balaban J connectivity index is 1.24. The second-order valence-corrected chi connectivity index (χ2v) is 11.4. The summed E-state index contributed by atoms with van der Waals surface area (Å²) in [6, 6.07) is 6.10. The van der Waals surface area contributed by atoms with Gasteiger partial charge < -0.3 is 10.3 Å². The predicted octanol–water partition coefficient (Wildman–Crippen LogP) is 5.83. The van der Waals surface area contributed by atoms with Crippen molar-refractivity contribution in [3.05, 3.63) is 95.1 Å². The lowest BCUT2D eigenvalue weighted by molar-refractivity contribution is -0.122. The van der Waals surface area contributed by atoms with Crippen molar-refractivity contribution >= 4 is 16.9 Å². The number of hydrogen-bond donors (Lipinski definition) is 2. The lowest BCUT2D eigenvalue weighted by atomic mass is 9.95. The van der Waals surface area contributed by atoms with Crippen LogP contribution in [0, 0.1) is 23.5 Å². The van der Waals surface area contributed by atoms with Gasteiger partial charge in [-0.15, -0.1) is 0 Å². The number of nitrogens with zero attached hydrogens (tertiary/aromatic N) is 5. The van der Waals surface area contributed by atoms with Gasteiger partial charge in [0.2, 0.25) is 5.91 Å².